The van der Waals surface area contributed by atoms with E-state index in [0.717, 1.165) is 29.1 Å². The highest BCUT2D eigenvalue weighted by atomic mass is 79.9. The molecule has 2 fully saturated rings. The van der Waals surface area contributed by atoms with Crippen LogP contribution >= 0.6 is 15.9 Å². The summed E-state index contributed by atoms with van der Waals surface area (Å²) in [7, 11) is 1.40. The first-order valence-corrected chi connectivity index (χ1v) is 7.61. The number of hydrogen-bond donors (Lipinski definition) is 0. The number of anilines is 1. The highest BCUT2D eigenvalue weighted by molar-refractivity contribution is 9.10. The molecule has 0 aromatic carbocycles. The third-order valence-electron chi connectivity index (χ3n) is 3.66. The zero-order valence-corrected chi connectivity index (χ0v) is 13.0. The minimum absolute atomic E-state index is 0.345. The lowest BCUT2D eigenvalue weighted by molar-refractivity contribution is 0.0599. The Bertz CT molecular complexity index is 525. The van der Waals surface area contributed by atoms with Crippen molar-refractivity contribution in [2.75, 3.05) is 38.3 Å². The Balaban J connectivity index is 2.02. The topological polar surface area (TPSA) is 51.7 Å². The molecule has 108 valence electrons. The van der Waals surface area contributed by atoms with Gasteiger partial charge in [-0.3, -0.25) is 0 Å². The Morgan fingerprint density at radius 3 is 2.75 bits per heavy atom. The second-order valence-corrected chi connectivity index (χ2v) is 5.95. The fourth-order valence-electron chi connectivity index (χ4n) is 2.41. The number of methoxy groups -OCH3 is 1. The van der Waals surface area contributed by atoms with E-state index >= 15 is 0 Å². The lowest BCUT2D eigenvalue weighted by atomic mass is 10.1. The number of carbonyl (C=O) groups excluding carboxylic acids is 1. The van der Waals surface area contributed by atoms with Gasteiger partial charge in [0.15, 0.2) is 0 Å². The monoisotopic (exact) mass is 340 g/mol. The van der Waals surface area contributed by atoms with Gasteiger partial charge in [-0.1, -0.05) is 0 Å². The summed E-state index contributed by atoms with van der Waals surface area (Å²) < 4.78 is 11.1. The molecule has 1 aliphatic carbocycles. The normalized spacial score (nSPS) is 19.0. The number of pyridine rings is 1. The van der Waals surface area contributed by atoms with E-state index in [1.807, 2.05) is 6.07 Å². The van der Waals surface area contributed by atoms with E-state index in [4.69, 9.17) is 14.5 Å². The number of esters is 1. The van der Waals surface area contributed by atoms with Crippen LogP contribution in [0.3, 0.4) is 0 Å². The van der Waals surface area contributed by atoms with Gasteiger partial charge in [-0.2, -0.15) is 0 Å². The maximum Gasteiger partial charge on any atom is 0.341 e. The maximum absolute atomic E-state index is 12.0. The van der Waals surface area contributed by atoms with Gasteiger partial charge in [0.25, 0.3) is 0 Å². The van der Waals surface area contributed by atoms with Gasteiger partial charge >= 0.3 is 5.97 Å². The highest BCUT2D eigenvalue weighted by Gasteiger charge is 2.30. The second kappa shape index (κ2) is 5.69. The third-order valence-corrected chi connectivity index (χ3v) is 4.30. The van der Waals surface area contributed by atoms with Crippen molar-refractivity contribution in [1.82, 2.24) is 4.98 Å². The molecule has 1 aromatic rings. The Labute approximate surface area is 126 Å². The average Bonchev–Trinajstić information content (AvgIpc) is 3.31. The molecule has 0 radical (unpaired) electrons. The fourth-order valence-corrected chi connectivity index (χ4v) is 3.05. The van der Waals surface area contributed by atoms with E-state index in [-0.39, 0.29) is 5.97 Å². The SMILES string of the molecule is COC(=O)c1cc(Br)c(C2CC2)nc1N1CCOCC1. The Hall–Kier alpha value is -1.14. The number of aromatic nitrogens is 1. The summed E-state index contributed by atoms with van der Waals surface area (Å²) in [5, 5.41) is 0. The molecular formula is C14H17BrN2O3. The van der Waals surface area contributed by atoms with Crippen LogP contribution < -0.4 is 4.90 Å². The van der Waals surface area contributed by atoms with Crippen LogP contribution in [0.1, 0.15) is 34.8 Å². The number of morpholine rings is 1. The van der Waals surface area contributed by atoms with Gasteiger partial charge in [-0.25, -0.2) is 9.78 Å². The molecule has 0 unspecified atom stereocenters. The lowest BCUT2D eigenvalue weighted by Gasteiger charge is -2.29. The van der Waals surface area contributed by atoms with Crippen molar-refractivity contribution in [2.24, 2.45) is 0 Å². The molecule has 1 saturated carbocycles. The van der Waals surface area contributed by atoms with Crippen molar-refractivity contribution in [3.05, 3.63) is 21.8 Å². The number of hydrogen-bond acceptors (Lipinski definition) is 5. The molecule has 0 N–H and O–H groups in total. The van der Waals surface area contributed by atoms with E-state index < -0.39 is 0 Å². The van der Waals surface area contributed by atoms with Gasteiger partial charge in [-0.05, 0) is 34.8 Å². The zero-order chi connectivity index (χ0) is 14.1. The summed E-state index contributed by atoms with van der Waals surface area (Å²) in [5.74, 6) is 0.906. The molecule has 1 saturated heterocycles. The molecule has 6 heteroatoms. The Morgan fingerprint density at radius 2 is 2.15 bits per heavy atom. The van der Waals surface area contributed by atoms with Crippen molar-refractivity contribution in [1.29, 1.82) is 0 Å². The van der Waals surface area contributed by atoms with Crippen molar-refractivity contribution in [3.8, 4) is 0 Å². The highest BCUT2D eigenvalue weighted by Crippen LogP contribution is 2.43. The standard InChI is InChI=1S/C14H17BrN2O3/c1-19-14(18)10-8-11(15)12(9-2-3-9)16-13(10)17-4-6-20-7-5-17/h8-9H,2-7H2,1H3. The van der Waals surface area contributed by atoms with E-state index in [2.05, 4.69) is 20.8 Å². The Kier molecular flexibility index (Phi) is 3.94. The maximum atomic E-state index is 12.0. The van der Waals surface area contributed by atoms with Crippen LogP contribution in [0.2, 0.25) is 0 Å². The average molecular weight is 341 g/mol. The van der Waals surface area contributed by atoms with Crippen molar-refractivity contribution in [3.63, 3.8) is 0 Å². The Morgan fingerprint density at radius 1 is 1.45 bits per heavy atom. The molecule has 5 nitrogen and oxygen atoms in total. The summed E-state index contributed by atoms with van der Waals surface area (Å²) in [6.45, 7) is 2.83. The summed E-state index contributed by atoms with van der Waals surface area (Å²) in [6.07, 6.45) is 2.34. The number of rotatable bonds is 3. The zero-order valence-electron chi connectivity index (χ0n) is 11.4. The molecule has 0 bridgehead atoms. The third kappa shape index (κ3) is 2.67. The molecule has 1 aromatic heterocycles. The van der Waals surface area contributed by atoms with Crippen molar-refractivity contribution in [2.45, 2.75) is 18.8 Å². The quantitative estimate of drug-likeness (QED) is 0.790. The van der Waals surface area contributed by atoms with Crippen LogP contribution in [0.15, 0.2) is 10.5 Å². The van der Waals surface area contributed by atoms with Crippen LogP contribution in [0.5, 0.6) is 0 Å². The van der Waals surface area contributed by atoms with E-state index in [1.165, 1.54) is 20.0 Å². The van der Waals surface area contributed by atoms with Crippen LogP contribution in [-0.4, -0.2) is 44.4 Å². The molecule has 0 atom stereocenters. The molecule has 20 heavy (non-hydrogen) atoms. The smallest absolute Gasteiger partial charge is 0.341 e. The molecule has 2 heterocycles. The second-order valence-electron chi connectivity index (χ2n) is 5.09. The number of carbonyl (C=O) groups is 1. The molecule has 0 spiro atoms. The van der Waals surface area contributed by atoms with Crippen LogP contribution in [0.4, 0.5) is 5.82 Å². The fraction of sp³-hybridized carbons (Fsp3) is 0.571. The summed E-state index contributed by atoms with van der Waals surface area (Å²) in [6, 6.07) is 1.84. The lowest BCUT2D eigenvalue weighted by Crippen LogP contribution is -2.38. The van der Waals surface area contributed by atoms with E-state index in [1.54, 1.807) is 0 Å². The first kappa shape index (κ1) is 13.8. The van der Waals surface area contributed by atoms with Crippen molar-refractivity contribution >= 4 is 27.7 Å². The minimum Gasteiger partial charge on any atom is -0.465 e. The first-order chi connectivity index (χ1) is 9.70. The minimum atomic E-state index is -0.345. The van der Waals surface area contributed by atoms with Gasteiger partial charge < -0.3 is 14.4 Å². The summed E-state index contributed by atoms with van der Waals surface area (Å²) >= 11 is 3.53. The van der Waals surface area contributed by atoms with Gasteiger partial charge in [0.2, 0.25) is 0 Å². The van der Waals surface area contributed by atoms with Crippen LogP contribution in [-0.2, 0) is 9.47 Å². The van der Waals surface area contributed by atoms with Crippen LogP contribution in [0.25, 0.3) is 0 Å². The van der Waals surface area contributed by atoms with E-state index in [9.17, 15) is 4.79 Å². The predicted octanol–water partition coefficient (Wildman–Crippen LogP) is 2.34. The predicted molar refractivity (Wildman–Crippen MR) is 78.3 cm³/mol. The van der Waals surface area contributed by atoms with Gasteiger partial charge in [0.05, 0.1) is 26.0 Å². The number of halogens is 1. The molecule has 0 amide bonds. The van der Waals surface area contributed by atoms with Crippen molar-refractivity contribution < 1.29 is 14.3 Å². The summed E-state index contributed by atoms with van der Waals surface area (Å²) in [5.41, 5.74) is 1.57. The molecule has 3 rings (SSSR count). The summed E-state index contributed by atoms with van der Waals surface area (Å²) in [4.78, 5) is 18.8. The van der Waals surface area contributed by atoms with Gasteiger partial charge in [-0.15, -0.1) is 0 Å². The number of ether oxygens (including phenoxy) is 2. The largest absolute Gasteiger partial charge is 0.465 e. The first-order valence-electron chi connectivity index (χ1n) is 6.82. The van der Waals surface area contributed by atoms with Gasteiger partial charge in [0.1, 0.15) is 11.4 Å². The molecule has 1 aliphatic heterocycles. The number of nitrogens with zero attached hydrogens (tertiary/aromatic N) is 2. The van der Waals surface area contributed by atoms with Crippen LogP contribution in [0, 0.1) is 0 Å². The molecule has 2 aliphatic rings. The van der Waals surface area contributed by atoms with Gasteiger partial charge in [0, 0.05) is 23.5 Å². The van der Waals surface area contributed by atoms with E-state index in [0.29, 0.717) is 24.7 Å². The molecular weight excluding hydrogens is 324 g/mol.